The average molecular weight is 268 g/mol. The molecule has 2 aromatic carbocycles. The van der Waals surface area contributed by atoms with Crippen LogP contribution in [0.15, 0.2) is 53.6 Å². The fourth-order valence-corrected chi connectivity index (χ4v) is 1.79. The molecule has 0 saturated heterocycles. The SMILES string of the molecule is C/C(=N/NC(=O)c1ccccc1C)c1ccc(O)cc1. The molecule has 0 saturated carbocycles. The Kier molecular flexibility index (Phi) is 4.15. The number of nitrogens with one attached hydrogen (secondary N) is 1. The average Bonchev–Trinajstić information content (AvgIpc) is 2.45. The second-order valence-corrected chi connectivity index (χ2v) is 4.50. The lowest BCUT2D eigenvalue weighted by molar-refractivity contribution is 0.0954. The second kappa shape index (κ2) is 6.02. The summed E-state index contributed by atoms with van der Waals surface area (Å²) in [6, 6.07) is 14.0. The van der Waals surface area contributed by atoms with Gasteiger partial charge >= 0.3 is 0 Å². The third-order valence-corrected chi connectivity index (χ3v) is 3.00. The largest absolute Gasteiger partial charge is 0.508 e. The summed E-state index contributed by atoms with van der Waals surface area (Å²) in [5.41, 5.74) is 5.56. The van der Waals surface area contributed by atoms with E-state index in [-0.39, 0.29) is 11.7 Å². The van der Waals surface area contributed by atoms with E-state index in [0.29, 0.717) is 11.3 Å². The Labute approximate surface area is 117 Å². The van der Waals surface area contributed by atoms with Crippen molar-refractivity contribution in [3.63, 3.8) is 0 Å². The van der Waals surface area contributed by atoms with Crippen LogP contribution in [0.5, 0.6) is 5.75 Å². The quantitative estimate of drug-likeness (QED) is 0.664. The zero-order valence-electron chi connectivity index (χ0n) is 11.4. The Hall–Kier alpha value is -2.62. The first-order valence-electron chi connectivity index (χ1n) is 6.27. The molecule has 4 nitrogen and oxygen atoms in total. The molecule has 0 heterocycles. The number of aryl methyl sites for hydroxylation is 1. The van der Waals surface area contributed by atoms with Crippen LogP contribution in [0.25, 0.3) is 0 Å². The van der Waals surface area contributed by atoms with Gasteiger partial charge in [-0.2, -0.15) is 5.10 Å². The maximum atomic E-state index is 12.0. The number of benzene rings is 2. The van der Waals surface area contributed by atoms with E-state index in [9.17, 15) is 9.90 Å². The van der Waals surface area contributed by atoms with E-state index >= 15 is 0 Å². The molecule has 2 N–H and O–H groups in total. The van der Waals surface area contributed by atoms with Crippen molar-refractivity contribution in [1.29, 1.82) is 0 Å². The molecule has 0 aliphatic heterocycles. The van der Waals surface area contributed by atoms with Crippen LogP contribution < -0.4 is 5.43 Å². The van der Waals surface area contributed by atoms with Crippen LogP contribution in [0.3, 0.4) is 0 Å². The molecule has 0 fully saturated rings. The van der Waals surface area contributed by atoms with Crippen LogP contribution in [-0.2, 0) is 0 Å². The fourth-order valence-electron chi connectivity index (χ4n) is 1.79. The van der Waals surface area contributed by atoms with E-state index in [1.54, 1.807) is 37.3 Å². The summed E-state index contributed by atoms with van der Waals surface area (Å²) in [4.78, 5) is 12.0. The molecular weight excluding hydrogens is 252 g/mol. The number of rotatable bonds is 3. The molecule has 2 rings (SSSR count). The van der Waals surface area contributed by atoms with Crippen LogP contribution in [0, 0.1) is 6.92 Å². The molecule has 0 radical (unpaired) electrons. The minimum Gasteiger partial charge on any atom is -0.508 e. The normalized spacial score (nSPS) is 11.2. The van der Waals surface area contributed by atoms with Gasteiger partial charge in [-0.25, -0.2) is 5.43 Å². The van der Waals surface area contributed by atoms with Gasteiger partial charge in [0.25, 0.3) is 5.91 Å². The summed E-state index contributed by atoms with van der Waals surface area (Å²) in [7, 11) is 0. The highest BCUT2D eigenvalue weighted by atomic mass is 16.3. The van der Waals surface area contributed by atoms with Gasteiger partial charge in [0.05, 0.1) is 5.71 Å². The van der Waals surface area contributed by atoms with Crippen molar-refractivity contribution >= 4 is 11.6 Å². The van der Waals surface area contributed by atoms with Gasteiger partial charge in [0.2, 0.25) is 0 Å². The van der Waals surface area contributed by atoms with Gasteiger partial charge in [0, 0.05) is 5.56 Å². The molecule has 0 unspecified atom stereocenters. The number of phenols is 1. The van der Waals surface area contributed by atoms with E-state index in [2.05, 4.69) is 10.5 Å². The molecule has 0 atom stereocenters. The van der Waals surface area contributed by atoms with Gasteiger partial charge in [-0.05, 0) is 55.3 Å². The maximum Gasteiger partial charge on any atom is 0.271 e. The fraction of sp³-hybridized carbons (Fsp3) is 0.125. The van der Waals surface area contributed by atoms with Crippen LogP contribution in [0.2, 0.25) is 0 Å². The lowest BCUT2D eigenvalue weighted by atomic mass is 10.1. The van der Waals surface area contributed by atoms with Crippen LogP contribution in [-0.4, -0.2) is 16.7 Å². The summed E-state index contributed by atoms with van der Waals surface area (Å²) in [5.74, 6) is -0.0354. The summed E-state index contributed by atoms with van der Waals surface area (Å²) in [5, 5.41) is 13.3. The first-order chi connectivity index (χ1) is 9.58. The number of amides is 1. The predicted molar refractivity (Wildman–Crippen MR) is 79.0 cm³/mol. The van der Waals surface area contributed by atoms with Gasteiger partial charge < -0.3 is 5.11 Å². The highest BCUT2D eigenvalue weighted by Gasteiger charge is 2.07. The number of hydrazone groups is 1. The molecule has 2 aromatic rings. The molecule has 0 aromatic heterocycles. The standard InChI is InChI=1S/C16H16N2O2/c1-11-5-3-4-6-15(11)16(20)18-17-12(2)13-7-9-14(19)10-8-13/h3-10,19H,1-2H3,(H,18,20)/b17-12-. The number of carbonyl (C=O) groups excluding carboxylic acids is 1. The third-order valence-electron chi connectivity index (χ3n) is 3.00. The summed E-state index contributed by atoms with van der Waals surface area (Å²) in [6.45, 7) is 3.68. The van der Waals surface area contributed by atoms with Crippen molar-refractivity contribution in [3.8, 4) is 5.75 Å². The Morgan fingerprint density at radius 2 is 1.75 bits per heavy atom. The van der Waals surface area contributed by atoms with Crippen LogP contribution in [0.4, 0.5) is 0 Å². The number of phenolic OH excluding ortho intramolecular Hbond substituents is 1. The minimum atomic E-state index is -0.235. The van der Waals surface area contributed by atoms with Crippen molar-refractivity contribution in [2.24, 2.45) is 5.10 Å². The first-order valence-corrected chi connectivity index (χ1v) is 6.27. The Morgan fingerprint density at radius 1 is 1.10 bits per heavy atom. The Bertz CT molecular complexity index is 646. The molecule has 4 heteroatoms. The Balaban J connectivity index is 2.11. The monoisotopic (exact) mass is 268 g/mol. The van der Waals surface area contributed by atoms with Gasteiger partial charge in [-0.15, -0.1) is 0 Å². The number of hydrogen-bond donors (Lipinski definition) is 2. The minimum absolute atomic E-state index is 0.200. The molecule has 0 aliphatic carbocycles. The highest BCUT2D eigenvalue weighted by Crippen LogP contribution is 2.10. The summed E-state index contributed by atoms with van der Waals surface area (Å²) in [6.07, 6.45) is 0. The predicted octanol–water partition coefficient (Wildman–Crippen LogP) is 2.85. The lowest BCUT2D eigenvalue weighted by Crippen LogP contribution is -2.20. The van der Waals surface area contributed by atoms with Crippen molar-refractivity contribution in [3.05, 3.63) is 65.2 Å². The van der Waals surface area contributed by atoms with Gasteiger partial charge in [-0.1, -0.05) is 18.2 Å². The highest BCUT2D eigenvalue weighted by molar-refractivity contribution is 6.01. The lowest BCUT2D eigenvalue weighted by Gasteiger charge is -2.05. The van der Waals surface area contributed by atoms with E-state index in [4.69, 9.17) is 0 Å². The molecular formula is C16H16N2O2. The zero-order valence-corrected chi connectivity index (χ0v) is 11.4. The first kappa shape index (κ1) is 13.8. The smallest absolute Gasteiger partial charge is 0.271 e. The van der Waals surface area contributed by atoms with Crippen molar-refractivity contribution in [2.75, 3.05) is 0 Å². The van der Waals surface area contributed by atoms with E-state index < -0.39 is 0 Å². The summed E-state index contributed by atoms with van der Waals surface area (Å²) < 4.78 is 0. The topological polar surface area (TPSA) is 61.7 Å². The van der Waals surface area contributed by atoms with Gasteiger partial charge in [0.1, 0.15) is 5.75 Å². The molecule has 20 heavy (non-hydrogen) atoms. The molecule has 1 amide bonds. The van der Waals surface area contributed by atoms with Crippen molar-refractivity contribution < 1.29 is 9.90 Å². The van der Waals surface area contributed by atoms with Crippen molar-refractivity contribution in [2.45, 2.75) is 13.8 Å². The van der Waals surface area contributed by atoms with E-state index in [0.717, 1.165) is 11.1 Å². The van der Waals surface area contributed by atoms with Crippen LogP contribution >= 0.6 is 0 Å². The van der Waals surface area contributed by atoms with E-state index in [1.807, 2.05) is 25.1 Å². The van der Waals surface area contributed by atoms with Gasteiger partial charge in [-0.3, -0.25) is 4.79 Å². The maximum absolute atomic E-state index is 12.0. The van der Waals surface area contributed by atoms with Crippen LogP contribution in [0.1, 0.15) is 28.4 Å². The number of carbonyl (C=O) groups is 1. The molecule has 0 aliphatic rings. The van der Waals surface area contributed by atoms with Crippen molar-refractivity contribution in [1.82, 2.24) is 5.43 Å². The molecule has 0 bridgehead atoms. The third kappa shape index (κ3) is 3.23. The number of aromatic hydroxyl groups is 1. The number of nitrogens with zero attached hydrogens (tertiary/aromatic N) is 1. The number of hydrogen-bond acceptors (Lipinski definition) is 3. The molecule has 0 spiro atoms. The van der Waals surface area contributed by atoms with E-state index in [1.165, 1.54) is 0 Å². The van der Waals surface area contributed by atoms with Gasteiger partial charge in [0.15, 0.2) is 0 Å². The Morgan fingerprint density at radius 3 is 2.40 bits per heavy atom. The zero-order chi connectivity index (χ0) is 14.5. The second-order valence-electron chi connectivity index (χ2n) is 4.50. The summed E-state index contributed by atoms with van der Waals surface area (Å²) >= 11 is 0. The molecule has 102 valence electrons.